The van der Waals surface area contributed by atoms with Crippen molar-refractivity contribution in [3.63, 3.8) is 0 Å². The van der Waals surface area contributed by atoms with Gasteiger partial charge in [0.05, 0.1) is 0 Å². The third-order valence-corrected chi connectivity index (χ3v) is 6.48. The molecular weight excluding hydrogens is 536 g/mol. The Labute approximate surface area is 220 Å². The minimum atomic E-state index is -4.96. The second kappa shape index (κ2) is 12.5. The van der Waals surface area contributed by atoms with Crippen molar-refractivity contribution in [3.8, 4) is 5.75 Å². The summed E-state index contributed by atoms with van der Waals surface area (Å²) in [6.45, 7) is 1.67. The summed E-state index contributed by atoms with van der Waals surface area (Å²) in [4.78, 5) is 14.9. The van der Waals surface area contributed by atoms with Crippen LogP contribution in [0.15, 0.2) is 36.5 Å². The number of alkyl halides is 3. The van der Waals surface area contributed by atoms with E-state index in [1.54, 1.807) is 6.20 Å². The van der Waals surface area contributed by atoms with Crippen LogP contribution >= 0.6 is 24.8 Å². The molecule has 1 saturated heterocycles. The van der Waals surface area contributed by atoms with Gasteiger partial charge in [-0.1, -0.05) is 11.3 Å². The number of benzene rings is 1. The van der Waals surface area contributed by atoms with Crippen molar-refractivity contribution in [3.05, 3.63) is 52.9 Å². The molecular formula is C22H24F4N6O3S2. The molecule has 0 bridgehead atoms. The van der Waals surface area contributed by atoms with Crippen LogP contribution in [-0.4, -0.2) is 52.9 Å². The first kappa shape index (κ1) is 28.5. The van der Waals surface area contributed by atoms with Crippen molar-refractivity contribution in [1.82, 2.24) is 20.4 Å². The van der Waals surface area contributed by atoms with Crippen LogP contribution in [0.4, 0.5) is 28.5 Å². The van der Waals surface area contributed by atoms with Crippen LogP contribution in [0.5, 0.6) is 5.75 Å². The minimum Gasteiger partial charge on any atom is -0.406 e. The lowest BCUT2D eigenvalue weighted by Gasteiger charge is -2.32. The molecule has 1 atom stereocenters. The summed E-state index contributed by atoms with van der Waals surface area (Å²) in [7, 11) is 1.14. The molecule has 1 aliphatic rings. The van der Waals surface area contributed by atoms with Crippen LogP contribution in [-0.2, 0) is 16.0 Å². The lowest BCUT2D eigenvalue weighted by Crippen LogP contribution is -2.34. The third kappa shape index (κ3) is 7.72. The van der Waals surface area contributed by atoms with Gasteiger partial charge in [0.2, 0.25) is 5.13 Å². The Morgan fingerprint density at radius 3 is 2.62 bits per heavy atom. The van der Waals surface area contributed by atoms with Gasteiger partial charge in [-0.05, 0) is 49.1 Å². The number of methoxy groups -OCH3 is 1. The number of nitrogens with one attached hydrogen (secondary N) is 1. The fourth-order valence-corrected chi connectivity index (χ4v) is 4.79. The quantitative estimate of drug-likeness (QED) is 0.408. The molecule has 0 unspecified atom stereocenters. The number of piperidine rings is 1. The van der Waals surface area contributed by atoms with E-state index >= 15 is 0 Å². The zero-order valence-electron chi connectivity index (χ0n) is 19.5. The Morgan fingerprint density at radius 1 is 1.22 bits per heavy atom. The van der Waals surface area contributed by atoms with Crippen LogP contribution in [0.2, 0.25) is 0 Å². The van der Waals surface area contributed by atoms with Gasteiger partial charge in [-0.25, -0.2) is 4.39 Å². The van der Waals surface area contributed by atoms with E-state index in [9.17, 15) is 22.4 Å². The maximum Gasteiger partial charge on any atom is 0.573 e. The van der Waals surface area contributed by atoms with E-state index in [4.69, 9.17) is 4.74 Å². The zero-order valence-corrected chi connectivity index (χ0v) is 21.4. The van der Waals surface area contributed by atoms with Crippen molar-refractivity contribution in [1.29, 1.82) is 0 Å². The number of carbonyl (C=O) groups is 1. The highest BCUT2D eigenvalue weighted by Gasteiger charge is 2.32. The standard InChI is InChI=1S/C22H22F4N6O3S.H2S/c1-34-19(15-12-14(4-5-16(15)23)35-22(24,25)26)20(33)28-21-31-30-18(36-21)11-13-6-9-32(10-7-13)17-3-2-8-27-29-17;/h2-5,8,12-13,19H,6-7,9-11H2,1H3,(H,28,31,33);1H2/t19-;/m0./s1. The van der Waals surface area contributed by atoms with Gasteiger partial charge in [0.25, 0.3) is 5.91 Å². The number of amides is 1. The number of anilines is 2. The molecule has 1 fully saturated rings. The van der Waals surface area contributed by atoms with Crippen molar-refractivity contribution in [2.45, 2.75) is 31.7 Å². The number of nitrogens with zero attached hydrogens (tertiary/aromatic N) is 5. The van der Waals surface area contributed by atoms with E-state index in [1.165, 1.54) is 11.3 Å². The van der Waals surface area contributed by atoms with Gasteiger partial charge in [-0.3, -0.25) is 10.1 Å². The fraction of sp³-hybridized carbons (Fsp3) is 0.409. The molecule has 0 saturated carbocycles. The third-order valence-electron chi connectivity index (χ3n) is 5.61. The van der Waals surface area contributed by atoms with E-state index < -0.39 is 35.5 Å². The topological polar surface area (TPSA) is 102 Å². The minimum absolute atomic E-state index is 0. The first-order chi connectivity index (χ1) is 17.2. The fourth-order valence-electron chi connectivity index (χ4n) is 3.93. The predicted octanol–water partition coefficient (Wildman–Crippen LogP) is 4.26. The number of hydrogen-bond acceptors (Lipinski definition) is 9. The predicted molar refractivity (Wildman–Crippen MR) is 132 cm³/mol. The molecule has 0 aliphatic carbocycles. The molecule has 3 aromatic rings. The molecule has 0 spiro atoms. The average molecular weight is 561 g/mol. The van der Waals surface area contributed by atoms with Crippen molar-refractivity contribution in [2.24, 2.45) is 5.92 Å². The molecule has 3 heterocycles. The van der Waals surface area contributed by atoms with E-state index in [-0.39, 0.29) is 18.6 Å². The molecule has 15 heteroatoms. The van der Waals surface area contributed by atoms with E-state index in [1.807, 2.05) is 12.1 Å². The lowest BCUT2D eigenvalue weighted by molar-refractivity contribution is -0.274. The number of carbonyl (C=O) groups excluding carboxylic acids is 1. The van der Waals surface area contributed by atoms with E-state index in [2.05, 4.69) is 35.3 Å². The van der Waals surface area contributed by atoms with Gasteiger partial charge in [0.1, 0.15) is 16.6 Å². The van der Waals surface area contributed by atoms with Crippen LogP contribution in [0.3, 0.4) is 0 Å². The summed E-state index contributed by atoms with van der Waals surface area (Å²) in [6.07, 6.45) is -2.32. The molecule has 9 nitrogen and oxygen atoms in total. The molecule has 1 aliphatic heterocycles. The van der Waals surface area contributed by atoms with Gasteiger partial charge < -0.3 is 14.4 Å². The summed E-state index contributed by atoms with van der Waals surface area (Å²) >= 11 is 1.18. The van der Waals surface area contributed by atoms with Gasteiger partial charge in [-0.2, -0.15) is 18.6 Å². The van der Waals surface area contributed by atoms with Gasteiger partial charge in [-0.15, -0.1) is 28.5 Å². The smallest absolute Gasteiger partial charge is 0.406 e. The highest BCUT2D eigenvalue weighted by atomic mass is 32.1. The first-order valence-electron chi connectivity index (χ1n) is 11.0. The summed E-state index contributed by atoms with van der Waals surface area (Å²) in [5, 5.41) is 19.5. The van der Waals surface area contributed by atoms with Gasteiger partial charge in [0.15, 0.2) is 11.9 Å². The molecule has 2 aromatic heterocycles. The monoisotopic (exact) mass is 560 g/mol. The van der Waals surface area contributed by atoms with Crippen LogP contribution in [0.1, 0.15) is 29.5 Å². The Bertz CT molecular complexity index is 1180. The normalized spacial score (nSPS) is 15.1. The van der Waals surface area contributed by atoms with Crippen molar-refractivity contribution >= 4 is 41.7 Å². The van der Waals surface area contributed by atoms with E-state index in [0.717, 1.165) is 62.1 Å². The maximum absolute atomic E-state index is 14.3. The van der Waals surface area contributed by atoms with Gasteiger partial charge >= 0.3 is 6.36 Å². The lowest BCUT2D eigenvalue weighted by atomic mass is 9.94. The van der Waals surface area contributed by atoms with Crippen molar-refractivity contribution in [2.75, 3.05) is 30.4 Å². The molecule has 37 heavy (non-hydrogen) atoms. The first-order valence-corrected chi connectivity index (χ1v) is 11.8. The maximum atomic E-state index is 14.3. The second-order valence-corrected chi connectivity index (χ2v) is 9.12. The summed E-state index contributed by atoms with van der Waals surface area (Å²) in [6, 6.07) is 6.13. The Morgan fingerprint density at radius 2 is 1.97 bits per heavy atom. The van der Waals surface area contributed by atoms with Crippen LogP contribution in [0, 0.1) is 11.7 Å². The number of ether oxygens (including phenoxy) is 2. The van der Waals surface area contributed by atoms with Gasteiger partial charge in [0, 0.05) is 38.4 Å². The molecule has 4 rings (SSSR count). The summed E-state index contributed by atoms with van der Waals surface area (Å²) in [5.41, 5.74) is -0.406. The van der Waals surface area contributed by atoms with Crippen LogP contribution in [0.25, 0.3) is 0 Å². The molecule has 1 aromatic carbocycles. The number of aromatic nitrogens is 4. The zero-order chi connectivity index (χ0) is 25.7. The SMILES string of the molecule is CO[C@H](C(=O)Nc1nnc(CC2CCN(c3cccnn3)CC2)s1)c1cc(OC(F)(F)F)ccc1F.S. The largest absolute Gasteiger partial charge is 0.573 e. The number of hydrogen-bond donors (Lipinski definition) is 1. The molecule has 200 valence electrons. The second-order valence-electron chi connectivity index (χ2n) is 8.05. The highest BCUT2D eigenvalue weighted by Crippen LogP contribution is 2.31. The Kier molecular flexibility index (Phi) is 9.62. The summed E-state index contributed by atoms with van der Waals surface area (Å²) in [5.74, 6) is -1.17. The summed E-state index contributed by atoms with van der Waals surface area (Å²) < 4.78 is 60.8. The van der Waals surface area contributed by atoms with Crippen LogP contribution < -0.4 is 15.0 Å². The Hall–Kier alpha value is -3.04. The molecule has 0 radical (unpaired) electrons. The Balaban J connectivity index is 0.00000380. The van der Waals surface area contributed by atoms with Crippen molar-refractivity contribution < 1.29 is 31.8 Å². The molecule has 1 N–H and O–H groups in total. The number of rotatable bonds is 8. The average Bonchev–Trinajstić information content (AvgIpc) is 3.28. The number of halogens is 4. The molecule has 1 amide bonds. The highest BCUT2D eigenvalue weighted by molar-refractivity contribution is 7.59. The van der Waals surface area contributed by atoms with E-state index in [0.29, 0.717) is 12.3 Å².